The number of hydrogen-bond donors (Lipinski definition) is 1. The number of nitrogens with zero attached hydrogens (tertiary/aromatic N) is 1. The van der Waals surface area contributed by atoms with E-state index in [-0.39, 0.29) is 6.04 Å². The minimum absolute atomic E-state index is 0.189. The van der Waals surface area contributed by atoms with E-state index in [2.05, 4.69) is 4.98 Å². The van der Waals surface area contributed by atoms with Crippen molar-refractivity contribution in [3.8, 4) is 0 Å². The van der Waals surface area contributed by atoms with Crippen molar-refractivity contribution in [1.82, 2.24) is 4.98 Å². The van der Waals surface area contributed by atoms with Crippen molar-refractivity contribution in [2.45, 2.75) is 13.0 Å². The molecule has 1 atom stereocenters. The van der Waals surface area contributed by atoms with Gasteiger partial charge in [0.25, 0.3) is 0 Å². The lowest BCUT2D eigenvalue weighted by Gasteiger charge is -1.94. The normalized spacial score (nSPS) is 13.5. The average Bonchev–Trinajstić information content (AvgIpc) is 2.46. The van der Waals surface area contributed by atoms with Crippen LogP contribution in [-0.4, -0.2) is 4.98 Å². The first kappa shape index (κ1) is 8.53. The lowest BCUT2D eigenvalue weighted by Crippen LogP contribution is -2.04. The molecule has 0 fully saturated rings. The van der Waals surface area contributed by atoms with E-state index in [9.17, 15) is 0 Å². The van der Waals surface area contributed by atoms with E-state index in [1.165, 1.54) is 0 Å². The molecule has 0 radical (unpaired) electrons. The Morgan fingerprint density at radius 3 is 3.00 bits per heavy atom. The highest BCUT2D eigenvalue weighted by Crippen LogP contribution is 2.21. The molecular weight excluding hydrogens is 188 g/mol. The minimum Gasteiger partial charge on any atom is -0.439 e. The number of rotatable bonds is 1. The summed E-state index contributed by atoms with van der Waals surface area (Å²) in [4.78, 5) is 4.20. The Morgan fingerprint density at radius 2 is 2.31 bits per heavy atom. The van der Waals surface area contributed by atoms with E-state index in [4.69, 9.17) is 21.8 Å². The predicted molar refractivity (Wildman–Crippen MR) is 51.6 cm³/mol. The fourth-order valence-corrected chi connectivity index (χ4v) is 1.28. The van der Waals surface area contributed by atoms with Gasteiger partial charge in [0.2, 0.25) is 5.89 Å². The number of nitrogens with two attached hydrogens (primary N) is 1. The predicted octanol–water partition coefficient (Wildman–Crippen LogP) is 2.50. The zero-order chi connectivity index (χ0) is 9.42. The van der Waals surface area contributed by atoms with Gasteiger partial charge < -0.3 is 10.2 Å². The van der Waals surface area contributed by atoms with E-state index in [0.29, 0.717) is 10.9 Å². The fourth-order valence-electron chi connectivity index (χ4n) is 1.11. The molecule has 0 spiro atoms. The first-order chi connectivity index (χ1) is 6.16. The molecule has 13 heavy (non-hydrogen) atoms. The molecule has 0 saturated heterocycles. The van der Waals surface area contributed by atoms with Crippen LogP contribution in [0.4, 0.5) is 0 Å². The minimum atomic E-state index is -0.189. The van der Waals surface area contributed by atoms with Gasteiger partial charge in [0.1, 0.15) is 5.52 Å². The molecule has 0 aliphatic heterocycles. The van der Waals surface area contributed by atoms with E-state index in [1.54, 1.807) is 18.2 Å². The van der Waals surface area contributed by atoms with Gasteiger partial charge in [0.15, 0.2) is 5.58 Å². The summed E-state index contributed by atoms with van der Waals surface area (Å²) in [5.41, 5.74) is 7.10. The molecule has 1 heterocycles. The molecule has 2 aromatic rings. The zero-order valence-corrected chi connectivity index (χ0v) is 7.88. The van der Waals surface area contributed by atoms with Crippen molar-refractivity contribution in [1.29, 1.82) is 0 Å². The second-order valence-corrected chi connectivity index (χ2v) is 3.39. The largest absolute Gasteiger partial charge is 0.439 e. The first-order valence-corrected chi connectivity index (χ1v) is 4.36. The highest BCUT2D eigenvalue weighted by Gasteiger charge is 2.08. The topological polar surface area (TPSA) is 52.0 Å². The van der Waals surface area contributed by atoms with Crippen LogP contribution in [-0.2, 0) is 0 Å². The third-order valence-corrected chi connectivity index (χ3v) is 1.99. The maximum absolute atomic E-state index is 5.79. The van der Waals surface area contributed by atoms with Crippen LogP contribution >= 0.6 is 11.6 Å². The van der Waals surface area contributed by atoms with Gasteiger partial charge in [0, 0.05) is 5.02 Å². The highest BCUT2D eigenvalue weighted by molar-refractivity contribution is 6.31. The number of benzene rings is 1. The summed E-state index contributed by atoms with van der Waals surface area (Å²) in [7, 11) is 0. The zero-order valence-electron chi connectivity index (χ0n) is 7.12. The molecule has 68 valence electrons. The Balaban J connectivity index is 2.62. The number of aromatic nitrogens is 1. The van der Waals surface area contributed by atoms with Crippen molar-refractivity contribution in [2.75, 3.05) is 0 Å². The molecule has 0 amide bonds. The monoisotopic (exact) mass is 196 g/mol. The Kier molecular flexibility index (Phi) is 1.98. The second kappa shape index (κ2) is 3.01. The average molecular weight is 197 g/mol. The van der Waals surface area contributed by atoms with E-state index >= 15 is 0 Å². The smallest absolute Gasteiger partial charge is 0.212 e. The van der Waals surface area contributed by atoms with Gasteiger partial charge in [-0.05, 0) is 25.1 Å². The first-order valence-electron chi connectivity index (χ1n) is 3.98. The van der Waals surface area contributed by atoms with Gasteiger partial charge in [-0.1, -0.05) is 11.6 Å². The molecule has 1 aromatic carbocycles. The number of oxazole rings is 1. The lowest BCUT2D eigenvalue weighted by atomic mass is 10.3. The maximum atomic E-state index is 5.79. The summed E-state index contributed by atoms with van der Waals surface area (Å²) in [5, 5.41) is 0.650. The molecule has 2 rings (SSSR count). The van der Waals surface area contributed by atoms with Crippen molar-refractivity contribution in [2.24, 2.45) is 5.73 Å². The SMILES string of the molecule is CC(N)c1nc2cc(Cl)ccc2o1. The number of fused-ring (bicyclic) bond motifs is 1. The summed E-state index contributed by atoms with van der Waals surface area (Å²) >= 11 is 5.79. The van der Waals surface area contributed by atoms with Crippen LogP contribution in [0.25, 0.3) is 11.1 Å². The standard InChI is InChI=1S/C9H9ClN2O/c1-5(11)9-12-7-4-6(10)2-3-8(7)13-9/h2-5H,11H2,1H3. The molecule has 4 heteroatoms. The summed E-state index contributed by atoms with van der Waals surface area (Å²) in [5.74, 6) is 0.539. The van der Waals surface area contributed by atoms with Crippen LogP contribution in [0.5, 0.6) is 0 Å². The van der Waals surface area contributed by atoms with Crippen LogP contribution in [0.2, 0.25) is 5.02 Å². The molecule has 1 unspecified atom stereocenters. The van der Waals surface area contributed by atoms with E-state index in [1.807, 2.05) is 6.92 Å². The van der Waals surface area contributed by atoms with Crippen molar-refractivity contribution < 1.29 is 4.42 Å². The van der Waals surface area contributed by atoms with E-state index < -0.39 is 0 Å². The number of halogens is 1. The van der Waals surface area contributed by atoms with Gasteiger partial charge in [-0.2, -0.15) is 0 Å². The Bertz CT molecular complexity index is 436. The summed E-state index contributed by atoms with van der Waals surface area (Å²) < 4.78 is 5.39. The second-order valence-electron chi connectivity index (χ2n) is 2.95. The molecular formula is C9H9ClN2O. The van der Waals surface area contributed by atoms with Gasteiger partial charge in [0.05, 0.1) is 6.04 Å². The summed E-state index contributed by atoms with van der Waals surface area (Å²) in [6, 6.07) is 5.12. The van der Waals surface area contributed by atoms with Crippen LogP contribution < -0.4 is 5.73 Å². The lowest BCUT2D eigenvalue weighted by molar-refractivity contribution is 0.493. The summed E-state index contributed by atoms with van der Waals surface area (Å²) in [6.07, 6.45) is 0. The Morgan fingerprint density at radius 1 is 1.54 bits per heavy atom. The van der Waals surface area contributed by atoms with Gasteiger partial charge in [-0.25, -0.2) is 4.98 Å². The van der Waals surface area contributed by atoms with Crippen molar-refractivity contribution in [3.63, 3.8) is 0 Å². The van der Waals surface area contributed by atoms with Crippen LogP contribution in [0.15, 0.2) is 22.6 Å². The maximum Gasteiger partial charge on any atom is 0.212 e. The van der Waals surface area contributed by atoms with Crippen LogP contribution in [0.3, 0.4) is 0 Å². The fraction of sp³-hybridized carbons (Fsp3) is 0.222. The molecule has 0 bridgehead atoms. The third-order valence-electron chi connectivity index (χ3n) is 1.76. The molecule has 0 aliphatic carbocycles. The van der Waals surface area contributed by atoms with Crippen LogP contribution in [0, 0.1) is 0 Å². The van der Waals surface area contributed by atoms with Gasteiger partial charge in [-0.3, -0.25) is 0 Å². The van der Waals surface area contributed by atoms with E-state index in [0.717, 1.165) is 11.1 Å². The Hall–Kier alpha value is -1.06. The Labute approximate surface area is 80.5 Å². The van der Waals surface area contributed by atoms with Crippen molar-refractivity contribution in [3.05, 3.63) is 29.1 Å². The molecule has 1 aromatic heterocycles. The van der Waals surface area contributed by atoms with Gasteiger partial charge >= 0.3 is 0 Å². The molecule has 0 aliphatic rings. The molecule has 0 saturated carbocycles. The molecule has 2 N–H and O–H groups in total. The number of hydrogen-bond acceptors (Lipinski definition) is 3. The highest BCUT2D eigenvalue weighted by atomic mass is 35.5. The van der Waals surface area contributed by atoms with Crippen molar-refractivity contribution >= 4 is 22.7 Å². The van der Waals surface area contributed by atoms with Gasteiger partial charge in [-0.15, -0.1) is 0 Å². The quantitative estimate of drug-likeness (QED) is 0.763. The van der Waals surface area contributed by atoms with Crippen LogP contribution in [0.1, 0.15) is 18.9 Å². The summed E-state index contributed by atoms with van der Waals surface area (Å²) in [6.45, 7) is 1.83. The third kappa shape index (κ3) is 1.53. The molecule has 3 nitrogen and oxygen atoms in total.